The van der Waals surface area contributed by atoms with Crippen LogP contribution in [0.25, 0.3) is 0 Å². The summed E-state index contributed by atoms with van der Waals surface area (Å²) in [6, 6.07) is 0. The van der Waals surface area contributed by atoms with Crippen LogP contribution in [-0.4, -0.2) is 73.7 Å². The number of aromatic nitrogens is 1. The molecule has 7 nitrogen and oxygen atoms in total. The van der Waals surface area contributed by atoms with Crippen LogP contribution in [0.4, 0.5) is 0 Å². The third kappa shape index (κ3) is 4.90. The number of rotatable bonds is 7. The molecule has 0 spiro atoms. The van der Waals surface area contributed by atoms with Crippen LogP contribution < -0.4 is 10.5 Å². The van der Waals surface area contributed by atoms with Crippen LogP contribution in [0.1, 0.15) is 16.8 Å². The van der Waals surface area contributed by atoms with Gasteiger partial charge in [-0.25, -0.2) is 0 Å². The summed E-state index contributed by atoms with van der Waals surface area (Å²) in [6.45, 7) is 8.10. The number of carbonyl (C=O) groups excluding carboxylic acids is 1. The van der Waals surface area contributed by atoms with Gasteiger partial charge in [-0.1, -0.05) is 0 Å². The number of primary amides is 1. The van der Waals surface area contributed by atoms with Crippen LogP contribution >= 0.6 is 0 Å². The van der Waals surface area contributed by atoms with Gasteiger partial charge in [0, 0.05) is 43.5 Å². The first-order valence-electron chi connectivity index (χ1n) is 8.20. The Labute approximate surface area is 143 Å². The number of pyridine rings is 1. The van der Waals surface area contributed by atoms with Crippen molar-refractivity contribution in [2.75, 3.05) is 46.9 Å². The van der Waals surface area contributed by atoms with Crippen LogP contribution in [0.5, 0.6) is 5.75 Å². The van der Waals surface area contributed by atoms with E-state index in [1.807, 2.05) is 32.0 Å². The summed E-state index contributed by atoms with van der Waals surface area (Å²) in [5, 5.41) is 0. The lowest BCUT2D eigenvalue weighted by Gasteiger charge is -2.34. The first kappa shape index (κ1) is 18.6. The smallest absolute Gasteiger partial charge is 0.231 e. The van der Waals surface area contributed by atoms with Gasteiger partial charge in [0.25, 0.3) is 0 Å². The molecule has 1 fully saturated rings. The van der Waals surface area contributed by atoms with Crippen molar-refractivity contribution in [2.24, 2.45) is 5.73 Å². The molecule has 1 aliphatic rings. The van der Waals surface area contributed by atoms with Gasteiger partial charge < -0.3 is 15.2 Å². The fraction of sp³-hybridized carbons (Fsp3) is 0.647. The third-order valence-corrected chi connectivity index (χ3v) is 4.29. The second-order valence-corrected chi connectivity index (χ2v) is 6.44. The lowest BCUT2D eigenvalue weighted by atomic mass is 10.1. The fourth-order valence-electron chi connectivity index (χ4n) is 3.15. The molecule has 2 heterocycles. The molecule has 2 N–H and O–H groups in total. The summed E-state index contributed by atoms with van der Waals surface area (Å²) in [5.74, 6) is 0.586. The summed E-state index contributed by atoms with van der Waals surface area (Å²) in [4.78, 5) is 19.8. The highest BCUT2D eigenvalue weighted by Crippen LogP contribution is 2.25. The number of hydrogen-bond donors (Lipinski definition) is 1. The minimum Gasteiger partial charge on any atom is -0.496 e. The molecule has 1 aromatic heterocycles. The lowest BCUT2D eigenvalue weighted by molar-refractivity contribution is -0.119. The molecule has 0 bridgehead atoms. The van der Waals surface area contributed by atoms with Gasteiger partial charge >= 0.3 is 0 Å². The van der Waals surface area contributed by atoms with Gasteiger partial charge in [-0.15, -0.1) is 0 Å². The monoisotopic (exact) mass is 336 g/mol. The third-order valence-electron chi connectivity index (χ3n) is 4.29. The Hall–Kier alpha value is -1.70. The van der Waals surface area contributed by atoms with Gasteiger partial charge in [-0.2, -0.15) is 0 Å². The van der Waals surface area contributed by atoms with E-state index >= 15 is 0 Å². The van der Waals surface area contributed by atoms with Crippen LogP contribution in [0.15, 0.2) is 6.20 Å². The van der Waals surface area contributed by atoms with Crippen molar-refractivity contribution < 1.29 is 14.3 Å². The molecule has 1 saturated heterocycles. The molecule has 0 aromatic carbocycles. The molecule has 1 unspecified atom stereocenters. The molecular weight excluding hydrogens is 308 g/mol. The van der Waals surface area contributed by atoms with Crippen LogP contribution in [0.2, 0.25) is 0 Å². The van der Waals surface area contributed by atoms with Crippen molar-refractivity contribution in [1.82, 2.24) is 14.8 Å². The first-order valence-corrected chi connectivity index (χ1v) is 8.20. The Kier molecular flexibility index (Phi) is 6.53. The molecule has 0 saturated carbocycles. The van der Waals surface area contributed by atoms with Crippen LogP contribution in [-0.2, 0) is 16.1 Å². The largest absolute Gasteiger partial charge is 0.496 e. The maximum atomic E-state index is 11.0. The maximum Gasteiger partial charge on any atom is 0.231 e. The van der Waals surface area contributed by atoms with Gasteiger partial charge in [0.15, 0.2) is 0 Å². The summed E-state index contributed by atoms with van der Waals surface area (Å²) >= 11 is 0. The number of amides is 1. The average molecular weight is 336 g/mol. The average Bonchev–Trinajstić information content (AvgIpc) is 2.50. The number of aryl methyl sites for hydroxylation is 1. The predicted molar refractivity (Wildman–Crippen MR) is 92.0 cm³/mol. The van der Waals surface area contributed by atoms with E-state index in [0.29, 0.717) is 13.2 Å². The van der Waals surface area contributed by atoms with Gasteiger partial charge in [0.1, 0.15) is 5.75 Å². The van der Waals surface area contributed by atoms with Gasteiger partial charge in [0.05, 0.1) is 32.1 Å². The zero-order chi connectivity index (χ0) is 17.7. The number of ether oxygens (including phenoxy) is 2. The molecule has 7 heteroatoms. The molecule has 0 aliphatic carbocycles. The topological polar surface area (TPSA) is 80.9 Å². The van der Waals surface area contributed by atoms with E-state index in [2.05, 4.69) is 9.88 Å². The molecule has 1 amide bonds. The van der Waals surface area contributed by atoms with E-state index in [1.54, 1.807) is 7.11 Å². The highest BCUT2D eigenvalue weighted by Gasteiger charge is 2.23. The summed E-state index contributed by atoms with van der Waals surface area (Å²) in [5.41, 5.74) is 8.40. The highest BCUT2D eigenvalue weighted by molar-refractivity contribution is 5.75. The van der Waals surface area contributed by atoms with E-state index in [0.717, 1.165) is 42.2 Å². The van der Waals surface area contributed by atoms with E-state index in [1.165, 1.54) is 0 Å². The highest BCUT2D eigenvalue weighted by atomic mass is 16.5. The molecule has 1 atom stereocenters. The van der Waals surface area contributed by atoms with Crippen molar-refractivity contribution in [3.05, 3.63) is 23.0 Å². The second kappa shape index (κ2) is 8.41. The number of methoxy groups -OCH3 is 1. The van der Waals surface area contributed by atoms with Crippen molar-refractivity contribution in [3.8, 4) is 5.75 Å². The van der Waals surface area contributed by atoms with Crippen LogP contribution in [0, 0.1) is 13.8 Å². The fourth-order valence-corrected chi connectivity index (χ4v) is 3.15. The summed E-state index contributed by atoms with van der Waals surface area (Å²) < 4.78 is 11.3. The second-order valence-electron chi connectivity index (χ2n) is 6.44. The zero-order valence-corrected chi connectivity index (χ0v) is 15.0. The summed E-state index contributed by atoms with van der Waals surface area (Å²) in [6.07, 6.45) is 1.93. The van der Waals surface area contributed by atoms with Crippen molar-refractivity contribution in [3.63, 3.8) is 0 Å². The molecular formula is C17H28N4O3. The number of carbonyl (C=O) groups is 1. The van der Waals surface area contributed by atoms with Gasteiger partial charge in [-0.3, -0.25) is 19.6 Å². The Balaban J connectivity index is 1.97. The van der Waals surface area contributed by atoms with E-state index < -0.39 is 0 Å². The molecule has 2 rings (SSSR count). The summed E-state index contributed by atoms with van der Waals surface area (Å²) in [7, 11) is 3.57. The predicted octanol–water partition coefficient (Wildman–Crippen LogP) is 0.325. The number of morpholine rings is 1. The van der Waals surface area contributed by atoms with E-state index in [-0.39, 0.29) is 18.6 Å². The SMILES string of the molecule is COc1c(C)cnc(CN2CCOC(CN(C)CC(N)=O)C2)c1C. The Morgan fingerprint density at radius 1 is 1.54 bits per heavy atom. The Morgan fingerprint density at radius 3 is 2.96 bits per heavy atom. The van der Waals surface area contributed by atoms with E-state index in [9.17, 15) is 4.79 Å². The molecule has 1 aliphatic heterocycles. The quantitative estimate of drug-likeness (QED) is 0.773. The lowest BCUT2D eigenvalue weighted by Crippen LogP contribution is -2.47. The van der Waals surface area contributed by atoms with Crippen LogP contribution in [0.3, 0.4) is 0 Å². The number of hydrogen-bond acceptors (Lipinski definition) is 6. The molecule has 0 radical (unpaired) electrons. The number of nitrogens with two attached hydrogens (primary N) is 1. The Morgan fingerprint density at radius 2 is 2.29 bits per heavy atom. The van der Waals surface area contributed by atoms with Crippen molar-refractivity contribution in [1.29, 1.82) is 0 Å². The van der Waals surface area contributed by atoms with Crippen molar-refractivity contribution >= 4 is 5.91 Å². The van der Waals surface area contributed by atoms with Crippen molar-refractivity contribution in [2.45, 2.75) is 26.5 Å². The zero-order valence-electron chi connectivity index (χ0n) is 15.0. The molecule has 1 aromatic rings. The minimum absolute atomic E-state index is 0.0655. The first-order chi connectivity index (χ1) is 11.4. The van der Waals surface area contributed by atoms with Gasteiger partial charge in [-0.05, 0) is 20.9 Å². The normalized spacial score (nSPS) is 18.8. The Bertz CT molecular complexity index is 579. The van der Waals surface area contributed by atoms with E-state index in [4.69, 9.17) is 15.2 Å². The standard InChI is InChI=1S/C17H28N4O3/c1-12-7-19-15(13(2)17(12)23-4)10-21-5-6-24-14(9-21)8-20(3)11-16(18)22/h7,14H,5-6,8-11H2,1-4H3,(H2,18,22). The molecule has 134 valence electrons. The maximum absolute atomic E-state index is 11.0. The van der Waals surface area contributed by atoms with Gasteiger partial charge in [0.2, 0.25) is 5.91 Å². The molecule has 24 heavy (non-hydrogen) atoms. The number of nitrogens with zero attached hydrogens (tertiary/aromatic N) is 3. The minimum atomic E-state index is -0.322. The number of likely N-dealkylation sites (N-methyl/N-ethyl adjacent to an activating group) is 1.